The molecule has 3 aromatic carbocycles. The van der Waals surface area contributed by atoms with E-state index < -0.39 is 16.7 Å². The number of nitro benzene ring substituents is 1. The number of carbonyl (C=O) groups excluding carboxylic acids is 2. The van der Waals surface area contributed by atoms with E-state index in [1.807, 2.05) is 19.9 Å². The van der Waals surface area contributed by atoms with E-state index in [2.05, 4.69) is 5.32 Å². The summed E-state index contributed by atoms with van der Waals surface area (Å²) >= 11 is 0. The Hall–Kier alpha value is -4.46. The summed E-state index contributed by atoms with van der Waals surface area (Å²) in [7, 11) is 0. The number of hydrogen-bond acceptors (Lipinski definition) is 6. The maximum absolute atomic E-state index is 13.4. The zero-order valence-electron chi connectivity index (χ0n) is 18.1. The first kappa shape index (κ1) is 21.8. The van der Waals surface area contributed by atoms with Gasteiger partial charge in [0.05, 0.1) is 22.8 Å². The Morgan fingerprint density at radius 2 is 1.67 bits per heavy atom. The Bertz CT molecular complexity index is 1260. The number of benzene rings is 3. The lowest BCUT2D eigenvalue weighted by molar-refractivity contribution is -0.384. The van der Waals surface area contributed by atoms with Crippen LogP contribution in [0.4, 0.5) is 17.1 Å². The highest BCUT2D eigenvalue weighted by Gasteiger charge is 2.40. The van der Waals surface area contributed by atoms with Crippen LogP contribution in [0.5, 0.6) is 5.75 Å². The van der Waals surface area contributed by atoms with Crippen LogP contribution < -0.4 is 15.0 Å². The Kier molecular flexibility index (Phi) is 5.91. The number of hydrogen-bond donors (Lipinski definition) is 1. The largest absolute Gasteiger partial charge is 0.494 e. The van der Waals surface area contributed by atoms with E-state index in [1.54, 1.807) is 42.5 Å². The molecular weight excluding hydrogens is 422 g/mol. The first-order valence-corrected chi connectivity index (χ1v) is 10.3. The van der Waals surface area contributed by atoms with Gasteiger partial charge < -0.3 is 10.1 Å². The number of non-ortho nitro benzene ring substituents is 1. The molecule has 0 aliphatic carbocycles. The molecule has 3 aromatic rings. The van der Waals surface area contributed by atoms with Crippen molar-refractivity contribution in [3.63, 3.8) is 0 Å². The van der Waals surface area contributed by atoms with Gasteiger partial charge in [-0.25, -0.2) is 4.90 Å². The van der Waals surface area contributed by atoms with E-state index in [9.17, 15) is 19.7 Å². The summed E-state index contributed by atoms with van der Waals surface area (Å²) in [5.41, 5.74) is 2.49. The van der Waals surface area contributed by atoms with Crippen molar-refractivity contribution in [2.75, 3.05) is 16.8 Å². The molecule has 1 heterocycles. The minimum Gasteiger partial charge on any atom is -0.494 e. The van der Waals surface area contributed by atoms with Crippen LogP contribution in [-0.4, -0.2) is 23.3 Å². The van der Waals surface area contributed by atoms with Crippen LogP contribution in [0.15, 0.2) is 78.5 Å². The van der Waals surface area contributed by atoms with Gasteiger partial charge in [-0.15, -0.1) is 0 Å². The van der Waals surface area contributed by atoms with Crippen LogP contribution in [0.1, 0.15) is 18.1 Å². The van der Waals surface area contributed by atoms with E-state index in [0.29, 0.717) is 29.3 Å². The molecule has 0 unspecified atom stereocenters. The van der Waals surface area contributed by atoms with Crippen molar-refractivity contribution in [1.82, 2.24) is 0 Å². The van der Waals surface area contributed by atoms with Crippen LogP contribution in [0.2, 0.25) is 0 Å². The van der Waals surface area contributed by atoms with E-state index in [1.165, 1.54) is 24.3 Å². The summed E-state index contributed by atoms with van der Waals surface area (Å²) < 4.78 is 5.45. The predicted octanol–water partition coefficient (Wildman–Crippen LogP) is 4.70. The van der Waals surface area contributed by atoms with E-state index in [4.69, 9.17) is 4.74 Å². The zero-order valence-corrected chi connectivity index (χ0v) is 18.1. The second-order valence-corrected chi connectivity index (χ2v) is 7.42. The summed E-state index contributed by atoms with van der Waals surface area (Å²) in [4.78, 5) is 38.5. The second-order valence-electron chi connectivity index (χ2n) is 7.42. The molecule has 1 aliphatic rings. The van der Waals surface area contributed by atoms with Crippen molar-refractivity contribution in [1.29, 1.82) is 0 Å². The van der Waals surface area contributed by atoms with Crippen LogP contribution in [0.25, 0.3) is 5.57 Å². The first-order chi connectivity index (χ1) is 15.9. The molecule has 0 fully saturated rings. The number of ether oxygens (including phenoxy) is 1. The van der Waals surface area contributed by atoms with Crippen molar-refractivity contribution in [3.05, 3.63) is 99.7 Å². The number of rotatable bonds is 7. The van der Waals surface area contributed by atoms with Gasteiger partial charge >= 0.3 is 0 Å². The highest BCUT2D eigenvalue weighted by atomic mass is 16.6. The Balaban J connectivity index is 1.77. The van der Waals surface area contributed by atoms with E-state index >= 15 is 0 Å². The number of nitro groups is 1. The third kappa shape index (κ3) is 4.31. The summed E-state index contributed by atoms with van der Waals surface area (Å²) in [6.07, 6.45) is 0. The van der Waals surface area contributed by atoms with Crippen LogP contribution in [-0.2, 0) is 9.59 Å². The summed E-state index contributed by atoms with van der Waals surface area (Å²) in [5, 5.41) is 14.1. The molecule has 0 saturated heterocycles. The molecule has 1 aliphatic heterocycles. The van der Waals surface area contributed by atoms with Crippen molar-refractivity contribution in [3.8, 4) is 5.75 Å². The third-order valence-corrected chi connectivity index (χ3v) is 5.15. The molecular formula is C25H21N3O5. The van der Waals surface area contributed by atoms with Gasteiger partial charge in [0, 0.05) is 17.8 Å². The average molecular weight is 443 g/mol. The lowest BCUT2D eigenvalue weighted by Gasteiger charge is -2.16. The molecule has 0 saturated carbocycles. The van der Waals surface area contributed by atoms with E-state index in [0.717, 1.165) is 10.5 Å². The molecule has 0 bridgehead atoms. The number of imide groups is 1. The van der Waals surface area contributed by atoms with Crippen molar-refractivity contribution in [2.45, 2.75) is 13.8 Å². The van der Waals surface area contributed by atoms with Gasteiger partial charge in [-0.3, -0.25) is 19.7 Å². The zero-order chi connectivity index (χ0) is 23.5. The lowest BCUT2D eigenvalue weighted by Crippen LogP contribution is -2.32. The predicted molar refractivity (Wildman–Crippen MR) is 125 cm³/mol. The minimum absolute atomic E-state index is 0.0968. The molecule has 166 valence electrons. The van der Waals surface area contributed by atoms with Gasteiger partial charge in [-0.1, -0.05) is 12.1 Å². The molecule has 0 radical (unpaired) electrons. The maximum atomic E-state index is 13.4. The minimum atomic E-state index is -0.516. The van der Waals surface area contributed by atoms with Gasteiger partial charge in [0.25, 0.3) is 17.5 Å². The van der Waals surface area contributed by atoms with Crippen LogP contribution in [0, 0.1) is 17.0 Å². The van der Waals surface area contributed by atoms with Gasteiger partial charge in [-0.05, 0) is 73.5 Å². The number of nitrogens with one attached hydrogen (secondary N) is 1. The number of aryl methyl sites for hydroxylation is 1. The molecule has 1 N–H and O–H groups in total. The van der Waals surface area contributed by atoms with Gasteiger partial charge in [0.15, 0.2) is 0 Å². The molecule has 0 atom stereocenters. The molecule has 8 heteroatoms. The average Bonchev–Trinajstić information content (AvgIpc) is 3.04. The van der Waals surface area contributed by atoms with Crippen LogP contribution in [0.3, 0.4) is 0 Å². The number of anilines is 2. The van der Waals surface area contributed by atoms with Gasteiger partial charge in [0.2, 0.25) is 0 Å². The van der Waals surface area contributed by atoms with Crippen molar-refractivity contribution >= 4 is 34.4 Å². The smallest absolute Gasteiger partial charge is 0.282 e. The van der Waals surface area contributed by atoms with Gasteiger partial charge in [0.1, 0.15) is 11.4 Å². The maximum Gasteiger partial charge on any atom is 0.282 e. The Morgan fingerprint density at radius 3 is 2.27 bits per heavy atom. The number of nitrogens with zero attached hydrogens (tertiary/aromatic N) is 2. The van der Waals surface area contributed by atoms with Crippen LogP contribution >= 0.6 is 0 Å². The summed E-state index contributed by atoms with van der Waals surface area (Å²) in [6.45, 7) is 4.29. The van der Waals surface area contributed by atoms with Crippen molar-refractivity contribution < 1.29 is 19.2 Å². The fourth-order valence-corrected chi connectivity index (χ4v) is 3.61. The molecule has 33 heavy (non-hydrogen) atoms. The molecule has 0 aromatic heterocycles. The highest BCUT2D eigenvalue weighted by molar-refractivity contribution is 6.46. The Labute approximate surface area is 190 Å². The fraction of sp³-hybridized carbons (Fsp3) is 0.120. The highest BCUT2D eigenvalue weighted by Crippen LogP contribution is 2.34. The molecule has 2 amide bonds. The summed E-state index contributed by atoms with van der Waals surface area (Å²) in [6, 6.07) is 19.7. The quantitative estimate of drug-likeness (QED) is 0.323. The number of amides is 2. The fourth-order valence-electron chi connectivity index (χ4n) is 3.61. The topological polar surface area (TPSA) is 102 Å². The Morgan fingerprint density at radius 1 is 0.970 bits per heavy atom. The summed E-state index contributed by atoms with van der Waals surface area (Å²) in [5.74, 6) is -0.330. The molecule has 8 nitrogen and oxygen atoms in total. The monoisotopic (exact) mass is 443 g/mol. The third-order valence-electron chi connectivity index (χ3n) is 5.15. The number of carbonyl (C=O) groups is 2. The second kappa shape index (κ2) is 8.96. The SMILES string of the molecule is CCOc1ccc(NC2=C(c3ccc([N+](=O)[O-])cc3)C(=O)N(c3cccc(C)c3)C2=O)cc1. The standard InChI is InChI=1S/C25H21N3O5/c1-3-33-21-13-9-18(10-14-21)26-23-22(17-7-11-19(12-8-17)28(31)32)24(29)27(25(23)30)20-6-4-5-16(2)15-20/h4-15,26H,3H2,1-2H3. The lowest BCUT2D eigenvalue weighted by atomic mass is 10.0. The van der Waals surface area contributed by atoms with Crippen molar-refractivity contribution in [2.24, 2.45) is 0 Å². The molecule has 4 rings (SSSR count). The van der Waals surface area contributed by atoms with E-state index in [-0.39, 0.29) is 17.0 Å². The normalized spacial score (nSPS) is 13.5. The first-order valence-electron chi connectivity index (χ1n) is 10.3. The molecule has 0 spiro atoms. The van der Waals surface area contributed by atoms with Gasteiger partial charge in [-0.2, -0.15) is 0 Å².